The van der Waals surface area contributed by atoms with Crippen molar-refractivity contribution in [2.45, 2.75) is 6.92 Å². The molecule has 0 unspecified atom stereocenters. The van der Waals surface area contributed by atoms with Crippen molar-refractivity contribution in [1.82, 2.24) is 0 Å². The van der Waals surface area contributed by atoms with Crippen molar-refractivity contribution in [3.8, 4) is 17.2 Å². The minimum Gasteiger partial charge on any atom is -0.497 e. The van der Waals surface area contributed by atoms with E-state index in [1.807, 2.05) is 0 Å². The molecule has 0 aliphatic heterocycles. The Morgan fingerprint density at radius 2 is 1.64 bits per heavy atom. The highest BCUT2D eigenvalue weighted by Crippen LogP contribution is 2.36. The number of ketones is 1. The number of esters is 1. The van der Waals surface area contributed by atoms with E-state index in [2.05, 4.69) is 0 Å². The lowest BCUT2D eigenvalue weighted by Gasteiger charge is -2.14. The Morgan fingerprint density at radius 3 is 2.18 bits per heavy atom. The summed E-state index contributed by atoms with van der Waals surface area (Å²) in [4.78, 5) is 24.0. The fourth-order valence-corrected chi connectivity index (χ4v) is 1.94. The van der Waals surface area contributed by atoms with Gasteiger partial charge in [-0.25, -0.2) is 4.79 Å². The molecule has 2 aromatic carbocycles. The molecule has 0 heterocycles. The van der Waals surface area contributed by atoms with E-state index in [1.54, 1.807) is 36.4 Å². The summed E-state index contributed by atoms with van der Waals surface area (Å²) < 4.78 is 15.7. The lowest BCUT2D eigenvalue weighted by Crippen LogP contribution is -2.12. The summed E-state index contributed by atoms with van der Waals surface area (Å²) in [5, 5.41) is 0. The Bertz CT molecular complexity index is 692. The Hall–Kier alpha value is -2.82. The largest absolute Gasteiger partial charge is 0.497 e. The number of rotatable bonds is 5. The first-order valence-electron chi connectivity index (χ1n) is 6.61. The first-order chi connectivity index (χ1) is 10.6. The minimum absolute atomic E-state index is 0.0876. The average Bonchev–Trinajstić information content (AvgIpc) is 2.55. The second kappa shape index (κ2) is 6.76. The van der Waals surface area contributed by atoms with E-state index >= 15 is 0 Å². The van der Waals surface area contributed by atoms with Crippen LogP contribution in [0.25, 0.3) is 0 Å². The molecule has 0 amide bonds. The number of hydrogen-bond donors (Lipinski definition) is 0. The zero-order valence-corrected chi connectivity index (χ0v) is 12.6. The van der Waals surface area contributed by atoms with Crippen LogP contribution in [0.3, 0.4) is 0 Å². The highest BCUT2D eigenvalue weighted by molar-refractivity contribution is 6.00. The van der Waals surface area contributed by atoms with Gasteiger partial charge < -0.3 is 14.2 Å². The third-order valence-electron chi connectivity index (χ3n) is 3.07. The van der Waals surface area contributed by atoms with Crippen LogP contribution in [-0.4, -0.2) is 26.0 Å². The number of ether oxygens (including phenoxy) is 3. The smallest absolute Gasteiger partial charge is 0.343 e. The van der Waals surface area contributed by atoms with Gasteiger partial charge >= 0.3 is 5.97 Å². The van der Waals surface area contributed by atoms with Gasteiger partial charge in [0.2, 0.25) is 0 Å². The normalized spacial score (nSPS) is 9.95. The second-order valence-corrected chi connectivity index (χ2v) is 4.52. The highest BCUT2D eigenvalue weighted by atomic mass is 16.6. The fraction of sp³-hybridized carbons (Fsp3) is 0.176. The van der Waals surface area contributed by atoms with Crippen LogP contribution in [0.15, 0.2) is 42.5 Å². The van der Waals surface area contributed by atoms with Gasteiger partial charge in [0.05, 0.1) is 25.3 Å². The maximum absolute atomic E-state index is 12.2. The van der Waals surface area contributed by atoms with Crippen LogP contribution in [-0.2, 0) is 0 Å². The Kier molecular flexibility index (Phi) is 4.78. The monoisotopic (exact) mass is 300 g/mol. The van der Waals surface area contributed by atoms with Crippen LogP contribution >= 0.6 is 0 Å². The van der Waals surface area contributed by atoms with E-state index in [1.165, 1.54) is 27.2 Å². The van der Waals surface area contributed by atoms with Gasteiger partial charge in [0.25, 0.3) is 0 Å². The molecule has 0 spiro atoms. The highest BCUT2D eigenvalue weighted by Gasteiger charge is 2.20. The van der Waals surface area contributed by atoms with Gasteiger partial charge in [0, 0.05) is 6.07 Å². The molecule has 114 valence electrons. The predicted molar refractivity (Wildman–Crippen MR) is 81.0 cm³/mol. The van der Waals surface area contributed by atoms with Gasteiger partial charge in [-0.1, -0.05) is 18.2 Å². The Balaban J connectivity index is 2.45. The van der Waals surface area contributed by atoms with E-state index in [-0.39, 0.29) is 22.8 Å². The topological polar surface area (TPSA) is 61.8 Å². The molecule has 0 radical (unpaired) electrons. The standard InChI is InChI=1S/C17H16O5/c1-11(18)14-9-13(20-2)10-15(21-3)16(14)22-17(19)12-7-5-4-6-8-12/h4-10H,1-3H3. The van der Waals surface area contributed by atoms with E-state index < -0.39 is 5.97 Å². The SMILES string of the molecule is COc1cc(OC)c(OC(=O)c2ccccc2)c(C(C)=O)c1. The third-order valence-corrected chi connectivity index (χ3v) is 3.07. The molecule has 0 bridgehead atoms. The molecule has 2 rings (SSSR count). The molecular weight excluding hydrogens is 284 g/mol. The molecule has 22 heavy (non-hydrogen) atoms. The number of Topliss-reactive ketones (excluding diaryl/α,β-unsaturated/α-hetero) is 1. The molecule has 0 fully saturated rings. The molecule has 0 saturated carbocycles. The van der Waals surface area contributed by atoms with Crippen molar-refractivity contribution in [2.75, 3.05) is 14.2 Å². The van der Waals surface area contributed by atoms with E-state index in [9.17, 15) is 9.59 Å². The van der Waals surface area contributed by atoms with Gasteiger partial charge in [-0.05, 0) is 25.1 Å². The van der Waals surface area contributed by atoms with E-state index in [0.717, 1.165) is 0 Å². The number of methoxy groups -OCH3 is 2. The fourth-order valence-electron chi connectivity index (χ4n) is 1.94. The van der Waals surface area contributed by atoms with Gasteiger partial charge in [-0.15, -0.1) is 0 Å². The van der Waals surface area contributed by atoms with Crippen molar-refractivity contribution >= 4 is 11.8 Å². The first kappa shape index (κ1) is 15.6. The van der Waals surface area contributed by atoms with Crippen LogP contribution in [0.2, 0.25) is 0 Å². The van der Waals surface area contributed by atoms with Crippen molar-refractivity contribution in [1.29, 1.82) is 0 Å². The Labute approximate surface area is 128 Å². The molecule has 5 nitrogen and oxygen atoms in total. The molecule has 5 heteroatoms. The lowest BCUT2D eigenvalue weighted by molar-refractivity contribution is 0.0727. The number of hydrogen-bond acceptors (Lipinski definition) is 5. The van der Waals surface area contributed by atoms with E-state index in [4.69, 9.17) is 14.2 Å². The molecule has 0 aliphatic carbocycles. The molecule has 2 aromatic rings. The number of benzene rings is 2. The molecule has 0 N–H and O–H groups in total. The van der Waals surface area contributed by atoms with Crippen LogP contribution in [0, 0.1) is 0 Å². The average molecular weight is 300 g/mol. The summed E-state index contributed by atoms with van der Waals surface area (Å²) in [7, 11) is 2.91. The van der Waals surface area contributed by atoms with Crippen molar-refractivity contribution < 1.29 is 23.8 Å². The van der Waals surface area contributed by atoms with Crippen LogP contribution < -0.4 is 14.2 Å². The van der Waals surface area contributed by atoms with Gasteiger partial charge in [-0.3, -0.25) is 4.79 Å². The maximum atomic E-state index is 12.2. The van der Waals surface area contributed by atoms with E-state index in [0.29, 0.717) is 11.3 Å². The quantitative estimate of drug-likeness (QED) is 0.482. The Morgan fingerprint density at radius 1 is 0.955 bits per heavy atom. The summed E-state index contributed by atoms with van der Waals surface area (Å²) in [5.74, 6) is -0.0281. The third kappa shape index (κ3) is 3.25. The molecule has 0 aliphatic rings. The van der Waals surface area contributed by atoms with Crippen molar-refractivity contribution in [2.24, 2.45) is 0 Å². The van der Waals surface area contributed by atoms with Crippen LogP contribution in [0.5, 0.6) is 17.2 Å². The summed E-state index contributed by atoms with van der Waals surface area (Å²) in [6, 6.07) is 11.6. The lowest BCUT2D eigenvalue weighted by atomic mass is 10.1. The zero-order valence-electron chi connectivity index (χ0n) is 12.6. The summed E-state index contributed by atoms with van der Waals surface area (Å²) >= 11 is 0. The minimum atomic E-state index is -0.563. The van der Waals surface area contributed by atoms with Gasteiger partial charge in [0.1, 0.15) is 5.75 Å². The molecule has 0 saturated heterocycles. The molecular formula is C17H16O5. The summed E-state index contributed by atoms with van der Waals surface area (Å²) in [6.07, 6.45) is 0. The maximum Gasteiger partial charge on any atom is 0.343 e. The summed E-state index contributed by atoms with van der Waals surface area (Å²) in [6.45, 7) is 1.38. The summed E-state index contributed by atoms with van der Waals surface area (Å²) in [5.41, 5.74) is 0.607. The van der Waals surface area contributed by atoms with Crippen LogP contribution in [0.1, 0.15) is 27.6 Å². The molecule has 0 atom stereocenters. The second-order valence-electron chi connectivity index (χ2n) is 4.52. The molecule has 0 aromatic heterocycles. The van der Waals surface area contributed by atoms with Crippen LogP contribution in [0.4, 0.5) is 0 Å². The van der Waals surface area contributed by atoms with Crippen molar-refractivity contribution in [3.63, 3.8) is 0 Å². The van der Waals surface area contributed by atoms with Gasteiger partial charge in [-0.2, -0.15) is 0 Å². The number of carbonyl (C=O) groups is 2. The number of carbonyl (C=O) groups excluding carboxylic acids is 2. The van der Waals surface area contributed by atoms with Crippen molar-refractivity contribution in [3.05, 3.63) is 53.6 Å². The zero-order chi connectivity index (χ0) is 16.1. The van der Waals surface area contributed by atoms with Gasteiger partial charge in [0.15, 0.2) is 17.3 Å². The predicted octanol–water partition coefficient (Wildman–Crippen LogP) is 3.13. The first-order valence-corrected chi connectivity index (χ1v) is 6.61.